The number of alkyl halides is 1. The minimum Gasteiger partial charge on any atom is -0.348 e. The highest BCUT2D eigenvalue weighted by atomic mass is 19.1. The molecule has 144 valence electrons. The van der Waals surface area contributed by atoms with Crippen LogP contribution in [-0.4, -0.2) is 13.2 Å². The zero-order valence-electron chi connectivity index (χ0n) is 14.9. The van der Waals surface area contributed by atoms with Crippen molar-refractivity contribution in [1.29, 1.82) is 0 Å². The molecule has 1 saturated heterocycles. The number of rotatable bonds is 5. The zero-order valence-corrected chi connectivity index (χ0v) is 14.9. The number of hydrogen-bond acceptors (Lipinski definition) is 2. The predicted molar refractivity (Wildman–Crippen MR) is 94.1 cm³/mol. The van der Waals surface area contributed by atoms with Crippen LogP contribution in [0.1, 0.15) is 30.8 Å². The molecule has 2 aromatic carbocycles. The van der Waals surface area contributed by atoms with Gasteiger partial charge in [-0.3, -0.25) is 0 Å². The van der Waals surface area contributed by atoms with Gasteiger partial charge in [-0.25, -0.2) is 17.6 Å². The van der Waals surface area contributed by atoms with Gasteiger partial charge < -0.3 is 9.47 Å². The highest BCUT2D eigenvalue weighted by molar-refractivity contribution is 5.65. The van der Waals surface area contributed by atoms with E-state index in [4.69, 9.17) is 9.47 Å². The lowest BCUT2D eigenvalue weighted by Gasteiger charge is -2.28. The smallest absolute Gasteiger partial charge is 0.183 e. The summed E-state index contributed by atoms with van der Waals surface area (Å²) < 4.78 is 66.0. The molecule has 0 spiro atoms. The van der Waals surface area contributed by atoms with E-state index >= 15 is 0 Å². The Bertz CT molecular complexity index is 804. The molecule has 1 fully saturated rings. The third-order valence-electron chi connectivity index (χ3n) is 4.42. The summed E-state index contributed by atoms with van der Waals surface area (Å²) in [6.45, 7) is 1.71. The van der Waals surface area contributed by atoms with Crippen LogP contribution < -0.4 is 0 Å². The van der Waals surface area contributed by atoms with Crippen molar-refractivity contribution >= 4 is 0 Å². The molecule has 0 radical (unpaired) electrons. The molecule has 0 saturated carbocycles. The van der Waals surface area contributed by atoms with Crippen LogP contribution in [0.3, 0.4) is 0 Å². The van der Waals surface area contributed by atoms with Crippen molar-refractivity contribution in [3.8, 4) is 11.1 Å². The molecule has 1 heterocycles. The minimum atomic E-state index is -1.26. The Labute approximate surface area is 155 Å². The Morgan fingerprint density at radius 3 is 2.22 bits per heavy atom. The molecule has 0 atom stereocenters. The molecule has 3 rings (SSSR count). The first-order chi connectivity index (χ1) is 13.0. The summed E-state index contributed by atoms with van der Waals surface area (Å²) in [6.07, 6.45) is 4.31. The van der Waals surface area contributed by atoms with Crippen molar-refractivity contribution in [2.24, 2.45) is 5.92 Å². The normalized spacial score (nSPS) is 20.3. The van der Waals surface area contributed by atoms with Gasteiger partial charge in [0.15, 0.2) is 6.29 Å². The maximum atomic E-state index is 14.5. The molecule has 1 aliphatic heterocycles. The van der Waals surface area contributed by atoms with E-state index in [9.17, 15) is 17.6 Å². The molecule has 27 heavy (non-hydrogen) atoms. The second-order valence-electron chi connectivity index (χ2n) is 6.39. The lowest BCUT2D eigenvalue weighted by molar-refractivity contribution is -0.197. The van der Waals surface area contributed by atoms with Gasteiger partial charge in [-0.05, 0) is 30.2 Å². The minimum absolute atomic E-state index is 0.00139. The van der Waals surface area contributed by atoms with Crippen LogP contribution in [0.4, 0.5) is 17.6 Å². The van der Waals surface area contributed by atoms with Crippen LogP contribution in [0.15, 0.2) is 42.5 Å². The number of hydrogen-bond donors (Lipinski definition) is 0. The monoisotopic (exact) mass is 380 g/mol. The molecule has 2 nitrogen and oxygen atoms in total. The molecule has 0 N–H and O–H groups in total. The molecular formula is C21H20F4O2. The molecule has 0 unspecified atom stereocenters. The second-order valence-corrected chi connectivity index (χ2v) is 6.39. The quantitative estimate of drug-likeness (QED) is 0.477. The average molecular weight is 380 g/mol. The predicted octanol–water partition coefficient (Wildman–Crippen LogP) is 5.87. The molecule has 0 aromatic heterocycles. The van der Waals surface area contributed by atoms with Gasteiger partial charge in [0.05, 0.1) is 18.8 Å². The molecule has 1 aliphatic rings. The topological polar surface area (TPSA) is 18.5 Å². The fourth-order valence-corrected chi connectivity index (χ4v) is 2.95. The highest BCUT2D eigenvalue weighted by Crippen LogP contribution is 2.31. The van der Waals surface area contributed by atoms with Gasteiger partial charge in [-0.2, -0.15) is 0 Å². The first-order valence-electron chi connectivity index (χ1n) is 8.77. The van der Waals surface area contributed by atoms with Crippen molar-refractivity contribution in [3.05, 3.63) is 71.1 Å². The maximum absolute atomic E-state index is 14.5. The fraction of sp³-hybridized carbons (Fsp3) is 0.333. The number of benzene rings is 2. The van der Waals surface area contributed by atoms with E-state index in [1.54, 1.807) is 6.07 Å². The second kappa shape index (κ2) is 8.67. The van der Waals surface area contributed by atoms with Crippen molar-refractivity contribution < 1.29 is 27.0 Å². The maximum Gasteiger partial charge on any atom is 0.183 e. The van der Waals surface area contributed by atoms with Crippen LogP contribution in [0.5, 0.6) is 0 Å². The van der Waals surface area contributed by atoms with E-state index in [1.165, 1.54) is 12.1 Å². The summed E-state index contributed by atoms with van der Waals surface area (Å²) >= 11 is 0. The molecular weight excluding hydrogens is 360 g/mol. The van der Waals surface area contributed by atoms with Crippen LogP contribution in [0, 0.1) is 23.4 Å². The van der Waals surface area contributed by atoms with Gasteiger partial charge >= 0.3 is 0 Å². The third kappa shape index (κ3) is 4.39. The van der Waals surface area contributed by atoms with Gasteiger partial charge in [-0.15, -0.1) is 0 Å². The number of ether oxygens (including phenoxy) is 2. The summed E-state index contributed by atoms with van der Waals surface area (Å²) in [5.74, 6) is -2.59. The standard InChI is InChI=1S/C21H20F4O2/c1-2-3-4-13-11-26-21(27-12-13)14-5-6-16(18(23)7-14)15-8-19(24)17(10-22)20(25)9-15/h3-9,13,21H,2,10-12H2,1H3/b4-3+. The number of allylic oxidation sites excluding steroid dienone is 1. The molecule has 0 bridgehead atoms. The molecule has 0 aliphatic carbocycles. The van der Waals surface area contributed by atoms with E-state index in [-0.39, 0.29) is 17.0 Å². The highest BCUT2D eigenvalue weighted by Gasteiger charge is 2.23. The Kier molecular flexibility index (Phi) is 6.29. The first kappa shape index (κ1) is 19.6. The van der Waals surface area contributed by atoms with Gasteiger partial charge in [-0.1, -0.05) is 31.2 Å². The van der Waals surface area contributed by atoms with E-state index < -0.39 is 36.0 Å². The lowest BCUT2D eigenvalue weighted by Crippen LogP contribution is -2.25. The molecule has 2 aromatic rings. The summed E-state index contributed by atoms with van der Waals surface area (Å²) in [7, 11) is 0. The summed E-state index contributed by atoms with van der Waals surface area (Å²) in [5.41, 5.74) is -0.162. The van der Waals surface area contributed by atoms with Gasteiger partial charge in [0, 0.05) is 17.0 Å². The van der Waals surface area contributed by atoms with Crippen molar-refractivity contribution in [1.82, 2.24) is 0 Å². The lowest BCUT2D eigenvalue weighted by atomic mass is 10.0. The Morgan fingerprint density at radius 2 is 1.67 bits per heavy atom. The summed E-state index contributed by atoms with van der Waals surface area (Å²) in [4.78, 5) is 0. The van der Waals surface area contributed by atoms with E-state index in [0.29, 0.717) is 18.8 Å². The Hall–Kier alpha value is -2.18. The van der Waals surface area contributed by atoms with E-state index in [1.807, 2.05) is 19.1 Å². The molecule has 6 heteroatoms. The van der Waals surface area contributed by atoms with Gasteiger partial charge in [0.2, 0.25) is 0 Å². The van der Waals surface area contributed by atoms with Crippen LogP contribution in [0.25, 0.3) is 11.1 Å². The van der Waals surface area contributed by atoms with Gasteiger partial charge in [0.25, 0.3) is 0 Å². The van der Waals surface area contributed by atoms with E-state index in [0.717, 1.165) is 18.6 Å². The Balaban J connectivity index is 1.78. The number of halogens is 4. The van der Waals surface area contributed by atoms with Crippen LogP contribution >= 0.6 is 0 Å². The van der Waals surface area contributed by atoms with Crippen LogP contribution in [0.2, 0.25) is 0 Å². The first-order valence-corrected chi connectivity index (χ1v) is 8.77. The van der Waals surface area contributed by atoms with Crippen LogP contribution in [-0.2, 0) is 16.1 Å². The largest absolute Gasteiger partial charge is 0.348 e. The third-order valence-corrected chi connectivity index (χ3v) is 4.42. The summed E-state index contributed by atoms with van der Waals surface area (Å²) in [5, 5.41) is 0. The fourth-order valence-electron chi connectivity index (χ4n) is 2.95. The van der Waals surface area contributed by atoms with E-state index in [2.05, 4.69) is 0 Å². The SMILES string of the molecule is CC/C=C/C1COC(c2ccc(-c3cc(F)c(CF)c(F)c3)c(F)c2)OC1. The van der Waals surface area contributed by atoms with Gasteiger partial charge in [0.1, 0.15) is 24.1 Å². The van der Waals surface area contributed by atoms with Crippen molar-refractivity contribution in [2.45, 2.75) is 26.3 Å². The zero-order chi connectivity index (χ0) is 19.4. The summed E-state index contributed by atoms with van der Waals surface area (Å²) in [6, 6.07) is 6.07. The van der Waals surface area contributed by atoms with Crippen molar-refractivity contribution in [2.75, 3.05) is 13.2 Å². The molecule has 0 amide bonds. The van der Waals surface area contributed by atoms with Crippen molar-refractivity contribution in [3.63, 3.8) is 0 Å². The Morgan fingerprint density at radius 1 is 1.00 bits per heavy atom. The average Bonchev–Trinajstić information content (AvgIpc) is 2.66.